The van der Waals surface area contributed by atoms with Crippen LogP contribution in [0.15, 0.2) is 29.8 Å². The summed E-state index contributed by atoms with van der Waals surface area (Å²) in [5.41, 5.74) is 0.622. The monoisotopic (exact) mass is 520 g/mol. The fourth-order valence-electron chi connectivity index (χ4n) is 7.21. The lowest BCUT2D eigenvalue weighted by atomic mass is 9.58. The van der Waals surface area contributed by atoms with Crippen LogP contribution in [0.3, 0.4) is 0 Å². The summed E-state index contributed by atoms with van der Waals surface area (Å²) < 4.78 is 5.97. The highest BCUT2D eigenvalue weighted by Crippen LogP contribution is 2.53. The van der Waals surface area contributed by atoms with E-state index in [-0.39, 0.29) is 49.0 Å². The maximum atomic E-state index is 13.5. The summed E-state index contributed by atoms with van der Waals surface area (Å²) in [4.78, 5) is 19.4. The molecular weight excluding hydrogens is 484 g/mol. The molecule has 4 N–H and O–H groups in total. The molecule has 6 unspecified atom stereocenters. The van der Waals surface area contributed by atoms with Gasteiger partial charge in [-0.2, -0.15) is 0 Å². The second-order valence-corrected chi connectivity index (χ2v) is 11.8. The highest BCUT2D eigenvalue weighted by Gasteiger charge is 2.58. The van der Waals surface area contributed by atoms with E-state index in [0.717, 1.165) is 18.4 Å². The number of aliphatic hydroxyl groups excluding tert-OH is 1. The lowest BCUT2D eigenvalue weighted by Crippen LogP contribution is -2.56. The molecule has 1 aromatic carbocycles. The number of halogens is 1. The summed E-state index contributed by atoms with van der Waals surface area (Å²) >= 11 is 6.37. The van der Waals surface area contributed by atoms with E-state index in [1.165, 1.54) is 5.06 Å². The van der Waals surface area contributed by atoms with Crippen LogP contribution in [0.25, 0.3) is 0 Å². The number of carbonyl (C=O) groups excluding carboxylic acids is 1. The van der Waals surface area contributed by atoms with Crippen molar-refractivity contribution in [3.05, 3.63) is 40.4 Å². The number of fused-ring (bicyclic) bond motifs is 4. The third-order valence-electron chi connectivity index (χ3n) is 8.92. The van der Waals surface area contributed by atoms with Gasteiger partial charge in [0, 0.05) is 38.0 Å². The maximum absolute atomic E-state index is 13.5. The Labute approximate surface area is 217 Å². The Balaban J connectivity index is 1.40. The third kappa shape index (κ3) is 4.06. The molecule has 8 nitrogen and oxygen atoms in total. The largest absolute Gasteiger partial charge is 0.431 e. The number of nitrogens with zero attached hydrogens (tertiary/aromatic N) is 1. The van der Waals surface area contributed by atoms with E-state index in [2.05, 4.69) is 18.3 Å². The molecule has 9 heteroatoms. The van der Waals surface area contributed by atoms with Gasteiger partial charge < -0.3 is 20.1 Å². The second kappa shape index (κ2) is 9.26. The first kappa shape index (κ1) is 25.9. The Morgan fingerprint density at radius 3 is 2.83 bits per heavy atom. The van der Waals surface area contributed by atoms with Crippen molar-refractivity contribution in [3.8, 4) is 0 Å². The quantitative estimate of drug-likeness (QED) is 0.272. The second-order valence-electron chi connectivity index (χ2n) is 11.4. The fraction of sp³-hybridized carbons (Fsp3) is 0.667. The molecule has 2 fully saturated rings. The highest BCUT2D eigenvalue weighted by atomic mass is 35.5. The minimum Gasteiger partial charge on any atom is -0.431 e. The predicted octanol–water partition coefficient (Wildman–Crippen LogP) is 3.09. The van der Waals surface area contributed by atoms with Gasteiger partial charge in [-0.25, -0.2) is 0 Å². The van der Waals surface area contributed by atoms with Crippen molar-refractivity contribution in [2.75, 3.05) is 18.7 Å². The van der Waals surface area contributed by atoms with Crippen LogP contribution in [-0.4, -0.2) is 53.0 Å². The molecule has 0 radical (unpaired) electrons. The van der Waals surface area contributed by atoms with Crippen molar-refractivity contribution in [1.29, 1.82) is 0 Å². The van der Waals surface area contributed by atoms with E-state index >= 15 is 0 Å². The molecule has 2 heterocycles. The van der Waals surface area contributed by atoms with E-state index in [9.17, 15) is 20.1 Å². The molecular formula is C27H37ClN2O6. The average molecular weight is 521 g/mol. The molecule has 0 aromatic heterocycles. The molecule has 2 aliphatic heterocycles. The summed E-state index contributed by atoms with van der Waals surface area (Å²) in [7, 11) is 1.70. The topological polar surface area (TPSA) is 111 Å². The van der Waals surface area contributed by atoms with E-state index < -0.39 is 29.6 Å². The zero-order valence-corrected chi connectivity index (χ0v) is 22.0. The number of rotatable bonds is 4. The number of aliphatic hydroxyl groups is 3. The number of anilines is 1. The van der Waals surface area contributed by atoms with Crippen molar-refractivity contribution in [2.45, 2.75) is 70.1 Å². The lowest BCUT2D eigenvalue weighted by molar-refractivity contribution is -0.257. The van der Waals surface area contributed by atoms with Crippen LogP contribution < -0.4 is 10.4 Å². The number of hydrogen-bond acceptors (Lipinski definition) is 8. The predicted molar refractivity (Wildman–Crippen MR) is 135 cm³/mol. The number of esters is 1. The first-order valence-corrected chi connectivity index (χ1v) is 13.3. The number of hydrogen-bond donors (Lipinski definition) is 4. The number of allylic oxidation sites excluding steroid dienone is 1. The maximum Gasteiger partial charge on any atom is 0.325 e. The number of ether oxygens (including phenoxy) is 1. The minimum atomic E-state index is -1.66. The Morgan fingerprint density at radius 1 is 1.36 bits per heavy atom. The van der Waals surface area contributed by atoms with Gasteiger partial charge in [-0.3, -0.25) is 20.0 Å². The van der Waals surface area contributed by atoms with Gasteiger partial charge in [-0.15, -0.1) is 0 Å². The van der Waals surface area contributed by atoms with Crippen molar-refractivity contribution in [1.82, 2.24) is 5.32 Å². The summed E-state index contributed by atoms with van der Waals surface area (Å²) in [6.45, 7) is 6.16. The Kier molecular flexibility index (Phi) is 6.67. The third-order valence-corrected chi connectivity index (χ3v) is 9.23. The van der Waals surface area contributed by atoms with Crippen LogP contribution in [0, 0.1) is 29.6 Å². The normalized spacial score (nSPS) is 40.6. The standard InChI is InChI=1S/C27H37ClN2O6/c1-14-10-18-17(16(3)13-31)9-8-15(2)22(18)27(34,11-14)35-24(32)21-12-26(33)19-6-5-7-20(28)23(19)30(4)36-25(26)29-21/h5-7,10,15-18,21-22,25,29,31,33-34H,8-9,11-13H2,1-4H3/t15?,16?,17?,18?,21-,22?,25+,26+,27?/m0/s1. The van der Waals surface area contributed by atoms with Crippen molar-refractivity contribution >= 4 is 23.3 Å². The molecule has 2 aliphatic carbocycles. The summed E-state index contributed by atoms with van der Waals surface area (Å²) in [6, 6.07) is 4.38. The van der Waals surface area contributed by atoms with Crippen LogP contribution in [0.2, 0.25) is 5.02 Å². The van der Waals surface area contributed by atoms with Crippen LogP contribution in [0.1, 0.15) is 52.0 Å². The molecule has 198 valence electrons. The molecule has 0 bridgehead atoms. The molecule has 9 atom stereocenters. The average Bonchev–Trinajstić information content (AvgIpc) is 3.16. The lowest BCUT2D eigenvalue weighted by Gasteiger charge is -2.52. The van der Waals surface area contributed by atoms with E-state index in [1.807, 2.05) is 13.8 Å². The van der Waals surface area contributed by atoms with Crippen molar-refractivity contribution in [2.24, 2.45) is 29.6 Å². The van der Waals surface area contributed by atoms with Gasteiger partial charge in [-0.05, 0) is 49.5 Å². The molecule has 0 amide bonds. The van der Waals surface area contributed by atoms with Crippen LogP contribution in [-0.2, 0) is 20.0 Å². The van der Waals surface area contributed by atoms with Crippen LogP contribution in [0.4, 0.5) is 5.69 Å². The summed E-state index contributed by atoms with van der Waals surface area (Å²) in [6.07, 6.45) is 3.45. The molecule has 5 rings (SSSR count). The fourth-order valence-corrected chi connectivity index (χ4v) is 7.51. The van der Waals surface area contributed by atoms with Crippen LogP contribution >= 0.6 is 11.6 Å². The van der Waals surface area contributed by atoms with Crippen LogP contribution in [0.5, 0.6) is 0 Å². The van der Waals surface area contributed by atoms with E-state index in [1.54, 1.807) is 25.2 Å². The van der Waals surface area contributed by atoms with Gasteiger partial charge in [0.05, 0.1) is 10.7 Å². The Hall–Kier alpha value is -1.68. The summed E-state index contributed by atoms with van der Waals surface area (Å²) in [5, 5.41) is 38.3. The van der Waals surface area contributed by atoms with E-state index in [0.29, 0.717) is 16.3 Å². The summed E-state index contributed by atoms with van der Waals surface area (Å²) in [5.74, 6) is -2.10. The smallest absolute Gasteiger partial charge is 0.325 e. The van der Waals surface area contributed by atoms with Gasteiger partial charge >= 0.3 is 5.97 Å². The number of nitrogens with one attached hydrogen (secondary N) is 1. The molecule has 0 spiro atoms. The number of para-hydroxylation sites is 1. The van der Waals surface area contributed by atoms with E-state index in [4.69, 9.17) is 21.2 Å². The Morgan fingerprint density at radius 2 is 2.11 bits per heavy atom. The molecule has 36 heavy (non-hydrogen) atoms. The minimum absolute atomic E-state index is 0.0109. The number of benzene rings is 1. The number of carbonyl (C=O) groups is 1. The molecule has 4 aliphatic rings. The SMILES string of the molecule is CC1=CC2C(C(C)CO)CCC(C)C2C(O)(OC(=O)[C@@H]2C[C@@]3(O)c4cccc(Cl)c4N(C)O[C@H]3N2)C1. The molecule has 1 aromatic rings. The molecule has 1 saturated heterocycles. The van der Waals surface area contributed by atoms with Gasteiger partial charge in [0.2, 0.25) is 5.79 Å². The van der Waals surface area contributed by atoms with Gasteiger partial charge in [0.25, 0.3) is 0 Å². The Bertz CT molecular complexity index is 1070. The van der Waals surface area contributed by atoms with Gasteiger partial charge in [-0.1, -0.05) is 49.2 Å². The molecule has 1 saturated carbocycles. The highest BCUT2D eigenvalue weighted by molar-refractivity contribution is 6.33. The first-order chi connectivity index (χ1) is 17.0. The first-order valence-electron chi connectivity index (χ1n) is 12.9. The van der Waals surface area contributed by atoms with Gasteiger partial charge in [0.15, 0.2) is 6.23 Å². The van der Waals surface area contributed by atoms with Crippen molar-refractivity contribution < 1.29 is 29.7 Å². The zero-order chi connectivity index (χ0) is 26.0. The number of hydroxylamine groups is 1. The zero-order valence-electron chi connectivity index (χ0n) is 21.3. The van der Waals surface area contributed by atoms with Gasteiger partial charge in [0.1, 0.15) is 11.6 Å². The van der Waals surface area contributed by atoms with Crippen molar-refractivity contribution in [3.63, 3.8) is 0 Å².